The van der Waals surface area contributed by atoms with Gasteiger partial charge in [0.2, 0.25) is 0 Å². The van der Waals surface area contributed by atoms with Crippen molar-refractivity contribution in [3.05, 3.63) is 36.4 Å². The highest BCUT2D eigenvalue weighted by molar-refractivity contribution is 14.0. The van der Waals surface area contributed by atoms with Crippen LogP contribution in [0.15, 0.2) is 41.4 Å². The first-order valence-corrected chi connectivity index (χ1v) is 9.47. The molecule has 0 aliphatic heterocycles. The Hall–Kier alpha value is -1.61. The zero-order chi connectivity index (χ0) is 18.0. The van der Waals surface area contributed by atoms with Gasteiger partial charge in [-0.05, 0) is 43.4 Å². The van der Waals surface area contributed by atoms with E-state index < -0.39 is 0 Å². The fraction of sp³-hybridized carbons (Fsp3) is 0.500. The predicted molar refractivity (Wildman–Crippen MR) is 123 cm³/mol. The van der Waals surface area contributed by atoms with Crippen molar-refractivity contribution >= 4 is 46.7 Å². The smallest absolute Gasteiger partial charge is 0.191 e. The lowest BCUT2D eigenvalue weighted by Crippen LogP contribution is -2.40. The maximum absolute atomic E-state index is 5.63. The Morgan fingerprint density at radius 1 is 1.11 bits per heavy atom. The minimum atomic E-state index is 0. The zero-order valence-corrected chi connectivity index (χ0v) is 18.2. The predicted octanol–water partition coefficient (Wildman–Crippen LogP) is 3.25. The number of aliphatic imine (C=N–C) groups is 1. The van der Waals surface area contributed by atoms with Gasteiger partial charge in [0.25, 0.3) is 0 Å². The summed E-state index contributed by atoms with van der Waals surface area (Å²) < 4.78 is 5.63. The van der Waals surface area contributed by atoms with Crippen LogP contribution in [0.5, 0.6) is 0 Å². The highest BCUT2D eigenvalue weighted by Crippen LogP contribution is 2.28. The Bertz CT molecular complexity index is 720. The van der Waals surface area contributed by atoms with E-state index in [9.17, 15) is 0 Å². The summed E-state index contributed by atoms with van der Waals surface area (Å²) in [6.45, 7) is 4.16. The van der Waals surface area contributed by atoms with Crippen LogP contribution in [-0.4, -0.2) is 50.8 Å². The highest BCUT2D eigenvalue weighted by atomic mass is 127. The first kappa shape index (κ1) is 21.7. The second-order valence-electron chi connectivity index (χ2n) is 6.61. The summed E-state index contributed by atoms with van der Waals surface area (Å²) in [5.41, 5.74) is 1.01. The molecule has 0 radical (unpaired) electrons. The molecule has 0 atom stereocenters. The van der Waals surface area contributed by atoms with E-state index in [1.165, 1.54) is 12.8 Å². The molecule has 2 aromatic rings. The molecular formula is C20H30IN5O. The molecule has 1 heterocycles. The van der Waals surface area contributed by atoms with Gasteiger partial charge in [-0.2, -0.15) is 0 Å². The normalized spacial score (nSPS) is 13.9. The fourth-order valence-electron chi connectivity index (χ4n) is 2.67. The lowest BCUT2D eigenvalue weighted by atomic mass is 10.2. The molecular weight excluding hydrogens is 453 g/mol. The van der Waals surface area contributed by atoms with Gasteiger partial charge in [0.05, 0.1) is 5.52 Å². The Labute approximate surface area is 178 Å². The molecule has 3 N–H and O–H groups in total. The second kappa shape index (κ2) is 12.0. The van der Waals surface area contributed by atoms with E-state index in [4.69, 9.17) is 4.74 Å². The molecule has 0 spiro atoms. The van der Waals surface area contributed by atoms with Crippen LogP contribution in [0.25, 0.3) is 10.9 Å². The fourth-order valence-corrected chi connectivity index (χ4v) is 2.67. The van der Waals surface area contributed by atoms with E-state index in [-0.39, 0.29) is 24.0 Å². The van der Waals surface area contributed by atoms with Crippen molar-refractivity contribution in [1.82, 2.24) is 15.6 Å². The number of aromatic nitrogens is 1. The Kier molecular flexibility index (Phi) is 9.61. The number of hydrogen-bond donors (Lipinski definition) is 3. The van der Waals surface area contributed by atoms with E-state index in [1.54, 1.807) is 7.05 Å². The summed E-state index contributed by atoms with van der Waals surface area (Å²) in [7, 11) is 1.79. The summed E-state index contributed by atoms with van der Waals surface area (Å²) in [5, 5.41) is 11.1. The maximum atomic E-state index is 5.63. The van der Waals surface area contributed by atoms with Gasteiger partial charge in [-0.1, -0.05) is 18.2 Å². The van der Waals surface area contributed by atoms with Crippen molar-refractivity contribution in [1.29, 1.82) is 0 Å². The van der Waals surface area contributed by atoms with Crippen molar-refractivity contribution in [2.24, 2.45) is 10.9 Å². The minimum Gasteiger partial charge on any atom is -0.381 e. The second-order valence-corrected chi connectivity index (χ2v) is 6.61. The van der Waals surface area contributed by atoms with Crippen LogP contribution in [0.2, 0.25) is 0 Å². The third-order valence-corrected chi connectivity index (χ3v) is 4.35. The van der Waals surface area contributed by atoms with E-state index in [0.29, 0.717) is 0 Å². The van der Waals surface area contributed by atoms with Gasteiger partial charge in [-0.15, -0.1) is 24.0 Å². The van der Waals surface area contributed by atoms with Crippen LogP contribution < -0.4 is 16.0 Å². The maximum Gasteiger partial charge on any atom is 0.191 e. The first-order valence-electron chi connectivity index (χ1n) is 9.47. The molecule has 1 aliphatic carbocycles. The molecule has 3 rings (SSSR count). The molecule has 1 aromatic carbocycles. The van der Waals surface area contributed by atoms with E-state index in [1.807, 2.05) is 24.3 Å². The first-order chi connectivity index (χ1) is 12.8. The summed E-state index contributed by atoms with van der Waals surface area (Å²) in [6, 6.07) is 12.2. The molecule has 1 fully saturated rings. The molecule has 1 aliphatic rings. The van der Waals surface area contributed by atoms with Crippen molar-refractivity contribution in [3.8, 4) is 0 Å². The number of rotatable bonds is 10. The summed E-state index contributed by atoms with van der Waals surface area (Å²) >= 11 is 0. The number of pyridine rings is 1. The summed E-state index contributed by atoms with van der Waals surface area (Å²) in [4.78, 5) is 8.85. The lowest BCUT2D eigenvalue weighted by molar-refractivity contribution is 0.123. The molecule has 7 heteroatoms. The molecule has 1 saturated carbocycles. The van der Waals surface area contributed by atoms with Gasteiger partial charge >= 0.3 is 0 Å². The average molecular weight is 483 g/mol. The van der Waals surface area contributed by atoms with Crippen molar-refractivity contribution in [2.75, 3.05) is 45.2 Å². The molecule has 0 amide bonds. The van der Waals surface area contributed by atoms with Crippen LogP contribution in [0, 0.1) is 5.92 Å². The molecule has 27 heavy (non-hydrogen) atoms. The minimum absolute atomic E-state index is 0. The number of para-hydroxylation sites is 1. The molecule has 0 bridgehead atoms. The number of anilines is 1. The van der Waals surface area contributed by atoms with Crippen LogP contribution in [0.4, 0.5) is 5.82 Å². The molecule has 0 unspecified atom stereocenters. The van der Waals surface area contributed by atoms with Crippen molar-refractivity contribution < 1.29 is 4.74 Å². The van der Waals surface area contributed by atoms with E-state index in [0.717, 1.165) is 67.9 Å². The number of benzene rings is 1. The van der Waals surface area contributed by atoms with Crippen LogP contribution in [0.1, 0.15) is 19.3 Å². The quantitative estimate of drug-likeness (QED) is 0.210. The lowest BCUT2D eigenvalue weighted by Gasteiger charge is -2.12. The van der Waals surface area contributed by atoms with Gasteiger partial charge < -0.3 is 20.7 Å². The third-order valence-electron chi connectivity index (χ3n) is 4.35. The molecule has 1 aromatic heterocycles. The Morgan fingerprint density at radius 2 is 1.93 bits per heavy atom. The van der Waals surface area contributed by atoms with Gasteiger partial charge in [0.1, 0.15) is 5.82 Å². The molecule has 6 nitrogen and oxygen atoms in total. The highest BCUT2D eigenvalue weighted by Gasteiger charge is 2.20. The van der Waals surface area contributed by atoms with Crippen molar-refractivity contribution in [2.45, 2.75) is 19.3 Å². The van der Waals surface area contributed by atoms with Crippen molar-refractivity contribution in [3.63, 3.8) is 0 Å². The number of hydrogen-bond acceptors (Lipinski definition) is 4. The van der Waals surface area contributed by atoms with Crippen LogP contribution in [-0.2, 0) is 4.74 Å². The number of fused-ring (bicyclic) bond motifs is 1. The topological polar surface area (TPSA) is 70.6 Å². The number of nitrogens with one attached hydrogen (secondary N) is 3. The van der Waals surface area contributed by atoms with Crippen LogP contribution in [0.3, 0.4) is 0 Å². The van der Waals surface area contributed by atoms with Gasteiger partial charge in [-0.25, -0.2) is 4.98 Å². The number of halogens is 1. The summed E-state index contributed by atoms with van der Waals surface area (Å²) in [6.07, 6.45) is 3.68. The van der Waals surface area contributed by atoms with Gasteiger partial charge in [-0.3, -0.25) is 4.99 Å². The van der Waals surface area contributed by atoms with Gasteiger partial charge in [0, 0.05) is 45.3 Å². The number of ether oxygens (including phenoxy) is 1. The van der Waals surface area contributed by atoms with Gasteiger partial charge in [0.15, 0.2) is 5.96 Å². The SMILES string of the molecule is CN=C(NCCCOCC1CC1)NCCNc1ccc2ccccc2n1.I. The monoisotopic (exact) mass is 483 g/mol. The summed E-state index contributed by atoms with van der Waals surface area (Å²) in [5.74, 6) is 2.55. The largest absolute Gasteiger partial charge is 0.381 e. The standard InChI is InChI=1S/C20H29N5O.HI/c1-21-20(23-11-4-14-26-15-16-7-8-16)24-13-12-22-19-10-9-17-5-2-3-6-18(17)25-19;/h2-3,5-6,9-10,16H,4,7-8,11-15H2,1H3,(H,22,25)(H2,21,23,24);1H. The van der Waals surface area contributed by atoms with E-state index in [2.05, 4.69) is 38.1 Å². The molecule has 148 valence electrons. The average Bonchev–Trinajstić information content (AvgIpc) is 3.50. The number of guanidine groups is 1. The Morgan fingerprint density at radius 3 is 2.74 bits per heavy atom. The molecule has 0 saturated heterocycles. The zero-order valence-electron chi connectivity index (χ0n) is 15.9. The van der Waals surface area contributed by atoms with Crippen LogP contribution >= 0.6 is 24.0 Å². The third kappa shape index (κ3) is 7.88. The Balaban J connectivity index is 0.00000261. The number of nitrogens with zero attached hydrogens (tertiary/aromatic N) is 2. The van der Waals surface area contributed by atoms with E-state index >= 15 is 0 Å².